The first-order valence-corrected chi connectivity index (χ1v) is 6.94. The minimum Gasteiger partial charge on any atom is -0.385 e. The van der Waals surface area contributed by atoms with E-state index in [-0.39, 0.29) is 0 Å². The van der Waals surface area contributed by atoms with Crippen LogP contribution >= 0.6 is 0 Å². The number of anilines is 2. The van der Waals surface area contributed by atoms with E-state index < -0.39 is 0 Å². The maximum atomic E-state index is 5.34. The SMILES string of the molecule is CC1CCCC(CCNc2ccnc(NN)c2)C1. The van der Waals surface area contributed by atoms with Crippen LogP contribution < -0.4 is 16.6 Å². The van der Waals surface area contributed by atoms with Crippen molar-refractivity contribution in [3.05, 3.63) is 18.3 Å². The summed E-state index contributed by atoms with van der Waals surface area (Å²) in [4.78, 5) is 4.09. The van der Waals surface area contributed by atoms with Crippen molar-refractivity contribution in [3.8, 4) is 0 Å². The van der Waals surface area contributed by atoms with E-state index in [0.717, 1.165) is 24.1 Å². The van der Waals surface area contributed by atoms with Crippen molar-refractivity contribution in [2.75, 3.05) is 17.3 Å². The molecule has 100 valence electrons. The van der Waals surface area contributed by atoms with Crippen molar-refractivity contribution in [2.45, 2.75) is 39.0 Å². The molecule has 1 aliphatic rings. The van der Waals surface area contributed by atoms with Crippen LogP contribution in [0.1, 0.15) is 39.0 Å². The van der Waals surface area contributed by atoms with Crippen molar-refractivity contribution in [1.82, 2.24) is 4.98 Å². The molecule has 0 aromatic carbocycles. The Labute approximate surface area is 109 Å². The molecule has 0 spiro atoms. The molecule has 0 aliphatic heterocycles. The molecule has 1 aliphatic carbocycles. The molecule has 2 unspecified atom stereocenters. The van der Waals surface area contributed by atoms with Gasteiger partial charge in [0.1, 0.15) is 5.82 Å². The fraction of sp³-hybridized carbons (Fsp3) is 0.643. The quantitative estimate of drug-likeness (QED) is 0.553. The molecule has 1 aromatic heterocycles. The highest BCUT2D eigenvalue weighted by Gasteiger charge is 2.18. The summed E-state index contributed by atoms with van der Waals surface area (Å²) < 4.78 is 0. The zero-order valence-corrected chi connectivity index (χ0v) is 11.2. The minimum absolute atomic E-state index is 0.700. The monoisotopic (exact) mass is 248 g/mol. The Hall–Kier alpha value is -1.29. The highest BCUT2D eigenvalue weighted by Crippen LogP contribution is 2.30. The molecule has 0 bridgehead atoms. The summed E-state index contributed by atoms with van der Waals surface area (Å²) in [7, 11) is 0. The third-order valence-corrected chi connectivity index (χ3v) is 3.83. The third kappa shape index (κ3) is 3.88. The van der Waals surface area contributed by atoms with E-state index in [2.05, 4.69) is 22.7 Å². The first-order chi connectivity index (χ1) is 8.78. The molecule has 2 rings (SSSR count). The normalized spacial score (nSPS) is 23.7. The molecule has 1 aromatic rings. The zero-order chi connectivity index (χ0) is 12.8. The van der Waals surface area contributed by atoms with E-state index in [1.807, 2.05) is 12.1 Å². The summed E-state index contributed by atoms with van der Waals surface area (Å²) in [6.07, 6.45) is 8.64. The molecule has 0 saturated heterocycles. The van der Waals surface area contributed by atoms with Crippen LogP contribution in [-0.2, 0) is 0 Å². The van der Waals surface area contributed by atoms with Gasteiger partial charge in [0.25, 0.3) is 0 Å². The second kappa shape index (κ2) is 6.59. The first kappa shape index (κ1) is 13.1. The lowest BCUT2D eigenvalue weighted by atomic mass is 9.81. The van der Waals surface area contributed by atoms with Crippen molar-refractivity contribution in [1.29, 1.82) is 0 Å². The van der Waals surface area contributed by atoms with E-state index in [1.165, 1.54) is 32.1 Å². The predicted octanol–water partition coefficient (Wildman–Crippen LogP) is 3.00. The van der Waals surface area contributed by atoms with Gasteiger partial charge >= 0.3 is 0 Å². The Balaban J connectivity index is 1.74. The largest absolute Gasteiger partial charge is 0.385 e. The molecule has 4 nitrogen and oxygen atoms in total. The van der Waals surface area contributed by atoms with Crippen LogP contribution in [0.5, 0.6) is 0 Å². The zero-order valence-electron chi connectivity index (χ0n) is 11.2. The Kier molecular flexibility index (Phi) is 4.81. The van der Waals surface area contributed by atoms with Gasteiger partial charge in [-0.05, 0) is 30.7 Å². The van der Waals surface area contributed by atoms with E-state index in [0.29, 0.717) is 5.82 Å². The van der Waals surface area contributed by atoms with E-state index >= 15 is 0 Å². The van der Waals surface area contributed by atoms with Crippen LogP contribution in [0.2, 0.25) is 0 Å². The summed E-state index contributed by atoms with van der Waals surface area (Å²) in [6, 6.07) is 3.91. The third-order valence-electron chi connectivity index (χ3n) is 3.83. The van der Waals surface area contributed by atoms with Crippen LogP contribution in [0.3, 0.4) is 0 Å². The molecule has 1 fully saturated rings. The van der Waals surface area contributed by atoms with Crippen LogP contribution in [0.15, 0.2) is 18.3 Å². The molecule has 0 radical (unpaired) electrons. The summed E-state index contributed by atoms with van der Waals surface area (Å²) in [6.45, 7) is 3.41. The first-order valence-electron chi connectivity index (χ1n) is 6.94. The van der Waals surface area contributed by atoms with Crippen LogP contribution in [-0.4, -0.2) is 11.5 Å². The molecule has 1 heterocycles. The van der Waals surface area contributed by atoms with Crippen molar-refractivity contribution >= 4 is 11.5 Å². The Morgan fingerprint density at radius 3 is 3.11 bits per heavy atom. The molecule has 2 atom stereocenters. The van der Waals surface area contributed by atoms with Crippen LogP contribution in [0.25, 0.3) is 0 Å². The lowest BCUT2D eigenvalue weighted by Crippen LogP contribution is -2.16. The fourth-order valence-corrected chi connectivity index (χ4v) is 2.86. The number of hydrogen-bond acceptors (Lipinski definition) is 4. The average Bonchev–Trinajstić information content (AvgIpc) is 2.39. The number of pyridine rings is 1. The summed E-state index contributed by atoms with van der Waals surface area (Å²) in [5.41, 5.74) is 3.65. The second-order valence-corrected chi connectivity index (χ2v) is 5.43. The number of rotatable bonds is 5. The van der Waals surface area contributed by atoms with Gasteiger partial charge in [0.15, 0.2) is 0 Å². The molecular formula is C14H24N4. The minimum atomic E-state index is 0.700. The number of nitrogens with two attached hydrogens (primary N) is 1. The predicted molar refractivity (Wildman–Crippen MR) is 76.3 cm³/mol. The Bertz CT molecular complexity index is 367. The van der Waals surface area contributed by atoms with Crippen LogP contribution in [0, 0.1) is 11.8 Å². The van der Waals surface area contributed by atoms with E-state index in [1.54, 1.807) is 6.20 Å². The van der Waals surface area contributed by atoms with Gasteiger partial charge in [-0.1, -0.05) is 26.2 Å². The number of nitrogen functional groups attached to an aromatic ring is 1. The average molecular weight is 248 g/mol. The molecule has 1 saturated carbocycles. The molecule has 18 heavy (non-hydrogen) atoms. The highest BCUT2D eigenvalue weighted by molar-refractivity contribution is 5.51. The van der Waals surface area contributed by atoms with E-state index in [9.17, 15) is 0 Å². The van der Waals surface area contributed by atoms with Gasteiger partial charge in [0.05, 0.1) is 0 Å². The molecular weight excluding hydrogens is 224 g/mol. The second-order valence-electron chi connectivity index (χ2n) is 5.43. The number of hydrogen-bond donors (Lipinski definition) is 3. The summed E-state index contributed by atoms with van der Waals surface area (Å²) >= 11 is 0. The van der Waals surface area contributed by atoms with Crippen molar-refractivity contribution < 1.29 is 0 Å². The summed E-state index contributed by atoms with van der Waals surface area (Å²) in [5, 5.41) is 3.45. The van der Waals surface area contributed by atoms with Crippen molar-refractivity contribution in [3.63, 3.8) is 0 Å². The molecule has 0 amide bonds. The van der Waals surface area contributed by atoms with Gasteiger partial charge in [0, 0.05) is 24.5 Å². The number of hydrazine groups is 1. The highest BCUT2D eigenvalue weighted by atomic mass is 15.2. The van der Waals surface area contributed by atoms with Gasteiger partial charge in [-0.2, -0.15) is 0 Å². The lowest BCUT2D eigenvalue weighted by molar-refractivity contribution is 0.274. The molecule has 4 N–H and O–H groups in total. The maximum Gasteiger partial charge on any atom is 0.141 e. The smallest absolute Gasteiger partial charge is 0.141 e. The van der Waals surface area contributed by atoms with Crippen molar-refractivity contribution in [2.24, 2.45) is 17.7 Å². The van der Waals surface area contributed by atoms with Gasteiger partial charge < -0.3 is 10.7 Å². The van der Waals surface area contributed by atoms with Gasteiger partial charge in [-0.3, -0.25) is 0 Å². The number of aromatic nitrogens is 1. The van der Waals surface area contributed by atoms with E-state index in [4.69, 9.17) is 5.84 Å². The Morgan fingerprint density at radius 2 is 2.33 bits per heavy atom. The molecule has 4 heteroatoms. The van der Waals surface area contributed by atoms with Gasteiger partial charge in [-0.25, -0.2) is 10.8 Å². The standard InChI is InChI=1S/C14H24N4/c1-11-3-2-4-12(9-11)5-7-16-13-6-8-17-14(10-13)18-15/h6,8,10-12H,2-5,7,9,15H2,1H3,(H2,16,17,18). The topological polar surface area (TPSA) is 63.0 Å². The van der Waals surface area contributed by atoms with Gasteiger partial charge in [0.2, 0.25) is 0 Å². The fourth-order valence-electron chi connectivity index (χ4n) is 2.86. The summed E-state index contributed by atoms with van der Waals surface area (Å²) in [5.74, 6) is 7.85. The number of nitrogens with zero attached hydrogens (tertiary/aromatic N) is 1. The van der Waals surface area contributed by atoms with Crippen LogP contribution in [0.4, 0.5) is 11.5 Å². The number of nitrogens with one attached hydrogen (secondary N) is 2. The maximum absolute atomic E-state index is 5.34. The lowest BCUT2D eigenvalue weighted by Gasteiger charge is -2.26. The Morgan fingerprint density at radius 1 is 1.44 bits per heavy atom. The van der Waals surface area contributed by atoms with Gasteiger partial charge in [-0.15, -0.1) is 0 Å².